The van der Waals surface area contributed by atoms with Crippen molar-refractivity contribution in [2.45, 2.75) is 11.8 Å². The number of rotatable bonds is 7. The highest BCUT2D eigenvalue weighted by Crippen LogP contribution is 2.16. The maximum Gasteiger partial charge on any atom is 0.321 e. The van der Waals surface area contributed by atoms with Crippen molar-refractivity contribution in [1.29, 1.82) is 0 Å². The molecule has 1 aromatic carbocycles. The first kappa shape index (κ1) is 18.1. The summed E-state index contributed by atoms with van der Waals surface area (Å²) < 4.78 is 47.7. The summed E-state index contributed by atoms with van der Waals surface area (Å²) in [5, 5.41) is 0. The lowest BCUT2D eigenvalue weighted by atomic mass is 10.4. The van der Waals surface area contributed by atoms with E-state index in [-0.39, 0.29) is 18.0 Å². The van der Waals surface area contributed by atoms with Gasteiger partial charge in [0.1, 0.15) is 19.0 Å². The van der Waals surface area contributed by atoms with Crippen molar-refractivity contribution in [3.8, 4) is 0 Å². The highest BCUT2D eigenvalue weighted by molar-refractivity contribution is 7.89. The molecule has 0 heterocycles. The summed E-state index contributed by atoms with van der Waals surface area (Å²) in [6.45, 7) is 0.192. The largest absolute Gasteiger partial charge is 0.468 e. The molecule has 0 bridgehead atoms. The third-order valence-electron chi connectivity index (χ3n) is 2.63. The second-order valence-corrected chi connectivity index (χ2v) is 6.15. The fourth-order valence-corrected chi connectivity index (χ4v) is 2.91. The summed E-state index contributed by atoms with van der Waals surface area (Å²) >= 11 is 0. The molecule has 0 saturated carbocycles. The smallest absolute Gasteiger partial charge is 0.321 e. The summed E-state index contributed by atoms with van der Waals surface area (Å²) in [5.41, 5.74) is 0. The fourth-order valence-electron chi connectivity index (χ4n) is 1.54. The van der Waals surface area contributed by atoms with Crippen LogP contribution in [0.2, 0.25) is 0 Å². The molecule has 9 heteroatoms. The van der Waals surface area contributed by atoms with E-state index >= 15 is 0 Å². The van der Waals surface area contributed by atoms with Crippen molar-refractivity contribution < 1.29 is 31.9 Å². The highest BCUT2D eigenvalue weighted by atomic mass is 32.2. The molecule has 0 atom stereocenters. The van der Waals surface area contributed by atoms with Crippen molar-refractivity contribution in [3.05, 3.63) is 30.1 Å². The molecule has 0 fully saturated rings. The second kappa shape index (κ2) is 7.85. The van der Waals surface area contributed by atoms with Gasteiger partial charge in [0.05, 0.1) is 12.0 Å². The topological polar surface area (TPSA) is 90.0 Å². The molecule has 0 aliphatic carbocycles. The number of esters is 2. The Morgan fingerprint density at radius 3 is 2.32 bits per heavy atom. The van der Waals surface area contributed by atoms with Gasteiger partial charge in [-0.15, -0.1) is 0 Å². The fraction of sp³-hybridized carbons (Fsp3) is 0.385. The van der Waals surface area contributed by atoms with Gasteiger partial charge in [-0.3, -0.25) is 9.59 Å². The number of nitrogens with zero attached hydrogens (tertiary/aromatic N) is 1. The maximum absolute atomic E-state index is 12.9. The zero-order valence-electron chi connectivity index (χ0n) is 12.1. The van der Waals surface area contributed by atoms with Crippen LogP contribution in [0.5, 0.6) is 0 Å². The minimum atomic E-state index is -4.05. The molecule has 1 aromatic rings. The van der Waals surface area contributed by atoms with Gasteiger partial charge in [0.2, 0.25) is 10.0 Å². The maximum atomic E-state index is 12.9. The molecule has 0 aliphatic rings. The SMILES string of the molecule is COC(=O)CN(CCOC(C)=O)S(=O)(=O)c1ccc(F)cc1. The molecule has 0 aliphatic heterocycles. The number of halogens is 1. The van der Waals surface area contributed by atoms with Crippen molar-refractivity contribution >= 4 is 22.0 Å². The van der Waals surface area contributed by atoms with E-state index in [1.54, 1.807) is 0 Å². The van der Waals surface area contributed by atoms with E-state index in [1.165, 1.54) is 6.92 Å². The molecule has 1 rings (SSSR count). The Morgan fingerprint density at radius 2 is 1.82 bits per heavy atom. The Balaban J connectivity index is 2.98. The van der Waals surface area contributed by atoms with Gasteiger partial charge in [-0.1, -0.05) is 0 Å². The van der Waals surface area contributed by atoms with E-state index in [0.29, 0.717) is 0 Å². The number of ether oxygens (including phenoxy) is 2. The lowest BCUT2D eigenvalue weighted by Crippen LogP contribution is -2.38. The molecule has 0 spiro atoms. The Labute approximate surface area is 127 Å². The van der Waals surface area contributed by atoms with Gasteiger partial charge in [-0.2, -0.15) is 4.31 Å². The van der Waals surface area contributed by atoms with Gasteiger partial charge < -0.3 is 9.47 Å². The molecule has 0 amide bonds. The Hall–Kier alpha value is -2.00. The number of benzene rings is 1. The lowest BCUT2D eigenvalue weighted by molar-refractivity contribution is -0.141. The summed E-state index contributed by atoms with van der Waals surface area (Å²) in [7, 11) is -2.92. The number of methoxy groups -OCH3 is 1. The van der Waals surface area contributed by atoms with Gasteiger partial charge in [-0.25, -0.2) is 12.8 Å². The van der Waals surface area contributed by atoms with Crippen LogP contribution in [0.3, 0.4) is 0 Å². The zero-order valence-corrected chi connectivity index (χ0v) is 12.9. The first-order valence-corrected chi connectivity index (χ1v) is 7.67. The quantitative estimate of drug-likeness (QED) is 0.677. The summed E-state index contributed by atoms with van der Waals surface area (Å²) in [5.74, 6) is -1.93. The van der Waals surface area contributed by atoms with Crippen LogP contribution in [0.25, 0.3) is 0 Å². The van der Waals surface area contributed by atoms with E-state index in [2.05, 4.69) is 9.47 Å². The summed E-state index contributed by atoms with van der Waals surface area (Å²) in [6, 6.07) is 4.16. The van der Waals surface area contributed by atoms with Crippen LogP contribution >= 0.6 is 0 Å². The van der Waals surface area contributed by atoms with E-state index in [9.17, 15) is 22.4 Å². The second-order valence-electron chi connectivity index (χ2n) is 4.21. The van der Waals surface area contributed by atoms with Crippen LogP contribution in [0, 0.1) is 5.82 Å². The van der Waals surface area contributed by atoms with Gasteiger partial charge in [0, 0.05) is 13.5 Å². The standard InChI is InChI=1S/C13H16FNO6S/c1-10(16)21-8-7-15(9-13(17)20-2)22(18,19)12-5-3-11(14)4-6-12/h3-6H,7-9H2,1-2H3. The molecule has 122 valence electrons. The molecule has 0 saturated heterocycles. The number of carbonyl (C=O) groups is 2. The van der Waals surface area contributed by atoms with E-state index in [4.69, 9.17) is 0 Å². The van der Waals surface area contributed by atoms with Crippen molar-refractivity contribution in [1.82, 2.24) is 4.31 Å². The monoisotopic (exact) mass is 333 g/mol. The number of sulfonamides is 1. The first-order valence-electron chi connectivity index (χ1n) is 6.23. The molecule has 0 aromatic heterocycles. The number of hydrogen-bond donors (Lipinski definition) is 0. The van der Waals surface area contributed by atoms with Crippen LogP contribution < -0.4 is 0 Å². The lowest BCUT2D eigenvalue weighted by Gasteiger charge is -2.20. The van der Waals surface area contributed by atoms with E-state index < -0.39 is 34.3 Å². The Bertz CT molecular complexity index is 628. The van der Waals surface area contributed by atoms with Crippen LogP contribution in [0.1, 0.15) is 6.92 Å². The third-order valence-corrected chi connectivity index (χ3v) is 4.49. The molecule has 0 unspecified atom stereocenters. The van der Waals surface area contributed by atoms with Crippen LogP contribution in [-0.2, 0) is 29.1 Å². The molecule has 0 radical (unpaired) electrons. The molecule has 22 heavy (non-hydrogen) atoms. The predicted molar refractivity (Wildman–Crippen MR) is 73.8 cm³/mol. The number of hydrogen-bond acceptors (Lipinski definition) is 6. The third kappa shape index (κ3) is 5.08. The van der Waals surface area contributed by atoms with Crippen LogP contribution in [-0.4, -0.2) is 51.5 Å². The molecule has 0 N–H and O–H groups in total. The summed E-state index contributed by atoms with van der Waals surface area (Å²) in [6.07, 6.45) is 0. The number of carbonyl (C=O) groups excluding carboxylic acids is 2. The van der Waals surface area contributed by atoms with E-state index in [1.807, 2.05) is 0 Å². The highest BCUT2D eigenvalue weighted by Gasteiger charge is 2.27. The van der Waals surface area contributed by atoms with Crippen LogP contribution in [0.15, 0.2) is 29.2 Å². The van der Waals surface area contributed by atoms with Gasteiger partial charge in [-0.05, 0) is 24.3 Å². The first-order chi connectivity index (χ1) is 10.3. The summed E-state index contributed by atoms with van der Waals surface area (Å²) in [4.78, 5) is 21.9. The molecule has 7 nitrogen and oxygen atoms in total. The van der Waals surface area contributed by atoms with Gasteiger partial charge >= 0.3 is 11.9 Å². The Morgan fingerprint density at radius 1 is 1.23 bits per heavy atom. The minimum Gasteiger partial charge on any atom is -0.468 e. The van der Waals surface area contributed by atoms with E-state index in [0.717, 1.165) is 35.7 Å². The van der Waals surface area contributed by atoms with Crippen LogP contribution in [0.4, 0.5) is 4.39 Å². The van der Waals surface area contributed by atoms with Crippen molar-refractivity contribution in [2.75, 3.05) is 26.8 Å². The van der Waals surface area contributed by atoms with Crippen molar-refractivity contribution in [3.63, 3.8) is 0 Å². The minimum absolute atomic E-state index is 0.180. The molecular weight excluding hydrogens is 317 g/mol. The molecular formula is C13H16FNO6S. The average molecular weight is 333 g/mol. The zero-order chi connectivity index (χ0) is 16.8. The predicted octanol–water partition coefficient (Wildman–Crippen LogP) is 0.552. The Kier molecular flexibility index (Phi) is 6.44. The van der Waals surface area contributed by atoms with Crippen molar-refractivity contribution in [2.24, 2.45) is 0 Å². The van der Waals surface area contributed by atoms with Gasteiger partial charge in [0.15, 0.2) is 0 Å². The van der Waals surface area contributed by atoms with Gasteiger partial charge in [0.25, 0.3) is 0 Å². The average Bonchev–Trinajstić information content (AvgIpc) is 2.46. The normalized spacial score (nSPS) is 11.3.